The standard InChI is InChI=1S/C17H28N5O3P/c1-11(2)24-26(25-12(3)4)10-23-17(6-13(17)5)7-22-9-21-14-15(18)19-8-20-16(14)22/h8-9,11-13H,6-7,10H2,1-5H3,(H2,18,19,20). The van der Waals surface area contributed by atoms with Crippen molar-refractivity contribution in [3.8, 4) is 0 Å². The summed E-state index contributed by atoms with van der Waals surface area (Å²) in [6.45, 7) is 10.9. The van der Waals surface area contributed by atoms with Crippen LogP contribution >= 0.6 is 8.38 Å². The number of ether oxygens (including phenoxy) is 1. The van der Waals surface area contributed by atoms with E-state index >= 15 is 0 Å². The molecule has 8 nitrogen and oxygen atoms in total. The van der Waals surface area contributed by atoms with Crippen molar-refractivity contribution < 1.29 is 13.8 Å². The lowest BCUT2D eigenvalue weighted by atomic mass is 10.2. The molecule has 2 aromatic rings. The van der Waals surface area contributed by atoms with E-state index < -0.39 is 8.38 Å². The smallest absolute Gasteiger partial charge is 0.198 e. The molecule has 9 heteroatoms. The molecule has 1 aliphatic carbocycles. The number of nitrogen functional groups attached to an aromatic ring is 1. The molecule has 144 valence electrons. The normalized spacial score (nSPS) is 22.8. The van der Waals surface area contributed by atoms with Gasteiger partial charge in [0.1, 0.15) is 18.2 Å². The number of imidazole rings is 1. The van der Waals surface area contributed by atoms with Crippen LogP contribution in [0.4, 0.5) is 5.82 Å². The highest BCUT2D eigenvalue weighted by molar-refractivity contribution is 7.47. The van der Waals surface area contributed by atoms with Crippen LogP contribution < -0.4 is 5.73 Å². The molecule has 1 saturated carbocycles. The fourth-order valence-electron chi connectivity index (χ4n) is 2.97. The molecule has 0 amide bonds. The Morgan fingerprint density at radius 1 is 1.23 bits per heavy atom. The zero-order valence-corrected chi connectivity index (χ0v) is 16.9. The van der Waals surface area contributed by atoms with E-state index in [1.54, 1.807) is 6.33 Å². The Balaban J connectivity index is 1.70. The van der Waals surface area contributed by atoms with Crippen molar-refractivity contribution in [3.05, 3.63) is 12.7 Å². The molecule has 0 radical (unpaired) electrons. The molecule has 2 N–H and O–H groups in total. The van der Waals surface area contributed by atoms with Crippen molar-refractivity contribution in [2.24, 2.45) is 5.92 Å². The second-order valence-corrected chi connectivity index (χ2v) is 8.73. The monoisotopic (exact) mass is 381 g/mol. The van der Waals surface area contributed by atoms with Crippen LogP contribution in [0.25, 0.3) is 11.2 Å². The highest BCUT2D eigenvalue weighted by atomic mass is 31.2. The van der Waals surface area contributed by atoms with Crippen molar-refractivity contribution in [1.82, 2.24) is 19.5 Å². The van der Waals surface area contributed by atoms with Gasteiger partial charge in [0.25, 0.3) is 0 Å². The zero-order chi connectivity index (χ0) is 18.9. The maximum atomic E-state index is 6.32. The van der Waals surface area contributed by atoms with Gasteiger partial charge in [-0.1, -0.05) is 6.92 Å². The highest BCUT2D eigenvalue weighted by Crippen LogP contribution is 2.51. The number of hydrogen-bond acceptors (Lipinski definition) is 7. The molecule has 2 heterocycles. The summed E-state index contributed by atoms with van der Waals surface area (Å²) in [6, 6.07) is 0. The molecular formula is C17H28N5O3P. The van der Waals surface area contributed by atoms with Crippen LogP contribution in [0.5, 0.6) is 0 Å². The second kappa shape index (κ2) is 7.72. The molecule has 0 spiro atoms. The van der Waals surface area contributed by atoms with Gasteiger partial charge in [-0.05, 0) is 40.0 Å². The summed E-state index contributed by atoms with van der Waals surface area (Å²) in [5.41, 5.74) is 7.00. The van der Waals surface area contributed by atoms with Crippen LogP contribution in [-0.4, -0.2) is 43.7 Å². The highest BCUT2D eigenvalue weighted by Gasteiger charge is 2.53. The number of anilines is 1. The molecule has 2 atom stereocenters. The average Bonchev–Trinajstić information content (AvgIpc) is 2.98. The summed E-state index contributed by atoms with van der Waals surface area (Å²) >= 11 is 0. The first-order valence-electron chi connectivity index (χ1n) is 8.97. The molecule has 2 aromatic heterocycles. The van der Waals surface area contributed by atoms with Crippen molar-refractivity contribution in [2.45, 2.75) is 65.4 Å². The lowest BCUT2D eigenvalue weighted by molar-refractivity contribution is 0.0268. The van der Waals surface area contributed by atoms with Crippen molar-refractivity contribution >= 4 is 25.4 Å². The topological polar surface area (TPSA) is 97.3 Å². The SMILES string of the molecule is CC(C)OP(COC1(Cn2cnc3c(N)ncnc32)CC1C)OC(C)C. The lowest BCUT2D eigenvalue weighted by Gasteiger charge is -2.25. The van der Waals surface area contributed by atoms with Gasteiger partial charge in [0.15, 0.2) is 19.8 Å². The van der Waals surface area contributed by atoms with Crippen molar-refractivity contribution in [3.63, 3.8) is 0 Å². The summed E-state index contributed by atoms with van der Waals surface area (Å²) in [6.07, 6.45) is 4.87. The Kier molecular flexibility index (Phi) is 5.77. The third kappa shape index (κ3) is 4.31. The van der Waals surface area contributed by atoms with Gasteiger partial charge >= 0.3 is 0 Å². The van der Waals surface area contributed by atoms with Crippen LogP contribution in [0, 0.1) is 5.92 Å². The Hall–Kier alpha value is -1.34. The first kappa shape index (κ1) is 19.4. The van der Waals surface area contributed by atoms with E-state index in [1.165, 1.54) is 6.33 Å². The minimum Gasteiger partial charge on any atom is -0.382 e. The molecule has 0 aromatic carbocycles. The van der Waals surface area contributed by atoms with E-state index in [4.69, 9.17) is 19.5 Å². The van der Waals surface area contributed by atoms with Crippen LogP contribution in [-0.2, 0) is 20.3 Å². The summed E-state index contributed by atoms with van der Waals surface area (Å²) in [5, 5.41) is 0. The maximum absolute atomic E-state index is 6.32. The molecule has 0 bridgehead atoms. The fourth-order valence-corrected chi connectivity index (χ4v) is 4.44. The molecule has 0 saturated heterocycles. The van der Waals surface area contributed by atoms with E-state index in [-0.39, 0.29) is 17.8 Å². The molecule has 3 rings (SSSR count). The third-order valence-electron chi connectivity index (χ3n) is 4.37. The minimum absolute atomic E-state index is 0.105. The fraction of sp³-hybridized carbons (Fsp3) is 0.706. The molecule has 0 aliphatic heterocycles. The Bertz CT molecular complexity index is 743. The van der Waals surface area contributed by atoms with Gasteiger partial charge in [-0.2, -0.15) is 0 Å². The van der Waals surface area contributed by atoms with Gasteiger partial charge in [0, 0.05) is 0 Å². The van der Waals surface area contributed by atoms with Gasteiger partial charge < -0.3 is 24.1 Å². The van der Waals surface area contributed by atoms with Crippen LogP contribution in [0.2, 0.25) is 0 Å². The number of rotatable bonds is 9. The third-order valence-corrected chi connectivity index (χ3v) is 6.02. The van der Waals surface area contributed by atoms with Gasteiger partial charge in [0.2, 0.25) is 0 Å². The summed E-state index contributed by atoms with van der Waals surface area (Å²) < 4.78 is 20.1. The van der Waals surface area contributed by atoms with Crippen LogP contribution in [0.1, 0.15) is 41.0 Å². The largest absolute Gasteiger partial charge is 0.382 e. The van der Waals surface area contributed by atoms with Gasteiger partial charge in [-0.25, -0.2) is 15.0 Å². The first-order valence-corrected chi connectivity index (χ1v) is 10.3. The van der Waals surface area contributed by atoms with Crippen LogP contribution in [0.15, 0.2) is 12.7 Å². The van der Waals surface area contributed by atoms with Gasteiger partial charge in [-0.15, -0.1) is 0 Å². The summed E-state index contributed by atoms with van der Waals surface area (Å²) in [7, 11) is -1.08. The lowest BCUT2D eigenvalue weighted by Crippen LogP contribution is -2.25. The Morgan fingerprint density at radius 3 is 2.46 bits per heavy atom. The van der Waals surface area contributed by atoms with Crippen molar-refractivity contribution in [2.75, 3.05) is 12.1 Å². The van der Waals surface area contributed by atoms with E-state index in [0.717, 1.165) is 12.1 Å². The summed E-state index contributed by atoms with van der Waals surface area (Å²) in [4.78, 5) is 12.7. The number of fused-ring (bicyclic) bond motifs is 1. The molecule has 2 unspecified atom stereocenters. The Labute approximate surface area is 155 Å². The molecule has 1 fully saturated rings. The molecule has 26 heavy (non-hydrogen) atoms. The zero-order valence-electron chi connectivity index (χ0n) is 16.0. The predicted molar refractivity (Wildman–Crippen MR) is 102 cm³/mol. The number of nitrogens with zero attached hydrogens (tertiary/aromatic N) is 4. The van der Waals surface area contributed by atoms with Gasteiger partial charge in [-0.3, -0.25) is 0 Å². The van der Waals surface area contributed by atoms with E-state index in [1.807, 2.05) is 32.3 Å². The number of hydrogen-bond donors (Lipinski definition) is 1. The van der Waals surface area contributed by atoms with Crippen molar-refractivity contribution in [1.29, 1.82) is 0 Å². The predicted octanol–water partition coefficient (Wildman–Crippen LogP) is 3.32. The van der Waals surface area contributed by atoms with Gasteiger partial charge in [0.05, 0.1) is 30.7 Å². The second-order valence-electron chi connectivity index (χ2n) is 7.39. The quantitative estimate of drug-likeness (QED) is 0.665. The maximum Gasteiger partial charge on any atom is 0.198 e. The average molecular weight is 381 g/mol. The number of nitrogens with two attached hydrogens (primary N) is 1. The summed E-state index contributed by atoms with van der Waals surface area (Å²) in [5.74, 6) is 0.848. The number of aromatic nitrogens is 4. The van der Waals surface area contributed by atoms with E-state index in [9.17, 15) is 0 Å². The van der Waals surface area contributed by atoms with Crippen LogP contribution in [0.3, 0.4) is 0 Å². The van der Waals surface area contributed by atoms with E-state index in [2.05, 4.69) is 21.9 Å². The molecule has 1 aliphatic rings. The molecular weight excluding hydrogens is 353 g/mol. The van der Waals surface area contributed by atoms with E-state index in [0.29, 0.717) is 30.1 Å². The minimum atomic E-state index is -1.08. The Morgan fingerprint density at radius 2 is 1.88 bits per heavy atom. The first-order chi connectivity index (χ1) is 12.3.